The lowest BCUT2D eigenvalue weighted by molar-refractivity contribution is -0.385. The number of nitro benzene ring substituents is 1. The number of hydrazine groups is 1. The van der Waals surface area contributed by atoms with E-state index in [0.717, 1.165) is 12.1 Å². The molecule has 2 amide bonds. The van der Waals surface area contributed by atoms with Crippen molar-refractivity contribution in [1.29, 1.82) is 0 Å². The maximum absolute atomic E-state index is 12.7. The van der Waals surface area contributed by atoms with Gasteiger partial charge in [0.15, 0.2) is 0 Å². The molecule has 0 fully saturated rings. The Hall–Kier alpha value is -4.19. The molecule has 0 aliphatic carbocycles. The van der Waals surface area contributed by atoms with Crippen molar-refractivity contribution in [2.45, 2.75) is 18.7 Å². The van der Waals surface area contributed by atoms with Gasteiger partial charge in [0.05, 0.1) is 26.6 Å². The lowest BCUT2D eigenvalue weighted by atomic mass is 10.2. The molecule has 0 aliphatic heterocycles. The summed E-state index contributed by atoms with van der Waals surface area (Å²) in [5.41, 5.74) is 4.14. The third-order valence-electron chi connectivity index (χ3n) is 4.33. The van der Waals surface area contributed by atoms with Gasteiger partial charge in [-0.3, -0.25) is 35.3 Å². The van der Waals surface area contributed by atoms with Crippen LogP contribution >= 0.6 is 0 Å². The number of hydrogen-bond donors (Lipinski definition) is 3. The Balaban J connectivity index is 1.78. The standard InChI is InChI=1S/C20H18N4O7S/c1-12-10-17(13(2)31-12)20(26)22-21-19(25)16-8-3-4-9-18(16)23-32(29,30)15-7-5-6-14(11-15)24(27)28/h3-11,23H,1-2H3,(H,21,25)(H,22,26). The van der Waals surface area contributed by atoms with E-state index in [4.69, 9.17) is 4.42 Å². The van der Waals surface area contributed by atoms with Crippen LogP contribution in [0.2, 0.25) is 0 Å². The first-order chi connectivity index (χ1) is 15.1. The number of carbonyl (C=O) groups is 2. The molecule has 0 spiro atoms. The summed E-state index contributed by atoms with van der Waals surface area (Å²) in [5.74, 6) is -0.491. The second-order valence-electron chi connectivity index (χ2n) is 6.64. The summed E-state index contributed by atoms with van der Waals surface area (Å²) in [5, 5.41) is 10.9. The van der Waals surface area contributed by atoms with Crippen molar-refractivity contribution < 1.29 is 27.3 Å². The summed E-state index contributed by atoms with van der Waals surface area (Å²) in [6.07, 6.45) is 0. The molecule has 0 saturated carbocycles. The van der Waals surface area contributed by atoms with Gasteiger partial charge in [-0.15, -0.1) is 0 Å². The van der Waals surface area contributed by atoms with E-state index in [1.807, 2.05) is 0 Å². The quantitative estimate of drug-likeness (QED) is 0.378. The number of aryl methyl sites for hydroxylation is 2. The molecule has 0 atom stereocenters. The van der Waals surface area contributed by atoms with E-state index in [1.54, 1.807) is 13.8 Å². The lowest BCUT2D eigenvalue weighted by Crippen LogP contribution is -2.42. The average Bonchev–Trinajstić information content (AvgIpc) is 3.10. The van der Waals surface area contributed by atoms with Crippen molar-refractivity contribution in [3.8, 4) is 0 Å². The average molecular weight is 458 g/mol. The number of benzene rings is 2. The van der Waals surface area contributed by atoms with Gasteiger partial charge in [0.1, 0.15) is 11.5 Å². The van der Waals surface area contributed by atoms with Crippen molar-refractivity contribution >= 4 is 33.2 Å². The summed E-state index contributed by atoms with van der Waals surface area (Å²) < 4.78 is 32.9. The lowest BCUT2D eigenvalue weighted by Gasteiger charge is -2.13. The fraction of sp³-hybridized carbons (Fsp3) is 0.100. The summed E-state index contributed by atoms with van der Waals surface area (Å²) in [4.78, 5) is 34.7. The number of nitrogens with one attached hydrogen (secondary N) is 3. The molecule has 12 heteroatoms. The zero-order valence-corrected chi connectivity index (χ0v) is 17.7. The molecule has 11 nitrogen and oxygen atoms in total. The first-order valence-corrected chi connectivity index (χ1v) is 10.6. The molecule has 0 aliphatic rings. The number of non-ortho nitro benzene ring substituents is 1. The van der Waals surface area contributed by atoms with Gasteiger partial charge in [0, 0.05) is 12.1 Å². The normalized spacial score (nSPS) is 10.9. The van der Waals surface area contributed by atoms with Gasteiger partial charge in [-0.1, -0.05) is 18.2 Å². The zero-order chi connectivity index (χ0) is 23.5. The van der Waals surface area contributed by atoms with Crippen LogP contribution in [0.25, 0.3) is 0 Å². The zero-order valence-electron chi connectivity index (χ0n) is 16.9. The van der Waals surface area contributed by atoms with E-state index in [0.29, 0.717) is 11.5 Å². The predicted octanol–water partition coefficient (Wildman–Crippen LogP) is 2.68. The molecule has 0 radical (unpaired) electrons. The highest BCUT2D eigenvalue weighted by molar-refractivity contribution is 7.92. The second-order valence-corrected chi connectivity index (χ2v) is 8.32. The fourth-order valence-electron chi connectivity index (χ4n) is 2.84. The number of anilines is 1. The predicted molar refractivity (Wildman–Crippen MR) is 113 cm³/mol. The summed E-state index contributed by atoms with van der Waals surface area (Å²) in [6, 6.07) is 11.7. The molecule has 0 bridgehead atoms. The smallest absolute Gasteiger partial charge is 0.273 e. The molecular weight excluding hydrogens is 440 g/mol. The Morgan fingerprint density at radius 3 is 2.22 bits per heavy atom. The molecule has 3 N–H and O–H groups in total. The highest BCUT2D eigenvalue weighted by atomic mass is 32.2. The van der Waals surface area contributed by atoms with E-state index < -0.39 is 32.4 Å². The van der Waals surface area contributed by atoms with Crippen LogP contribution in [0.3, 0.4) is 0 Å². The Morgan fingerprint density at radius 2 is 1.59 bits per heavy atom. The molecule has 0 unspecified atom stereocenters. The van der Waals surface area contributed by atoms with Crippen LogP contribution in [0, 0.1) is 24.0 Å². The third-order valence-corrected chi connectivity index (χ3v) is 5.69. The topological polar surface area (TPSA) is 161 Å². The van der Waals surface area contributed by atoms with Crippen LogP contribution in [0.4, 0.5) is 11.4 Å². The highest BCUT2D eigenvalue weighted by Crippen LogP contribution is 2.23. The molecule has 2 aromatic carbocycles. The second kappa shape index (κ2) is 8.89. The van der Waals surface area contributed by atoms with Crippen molar-refractivity contribution in [2.24, 2.45) is 0 Å². The van der Waals surface area contributed by atoms with E-state index in [1.165, 1.54) is 42.5 Å². The molecule has 3 rings (SSSR count). The first-order valence-electron chi connectivity index (χ1n) is 9.12. The third kappa shape index (κ3) is 4.92. The Kier molecular flexibility index (Phi) is 6.25. The molecule has 166 valence electrons. The molecule has 1 heterocycles. The minimum atomic E-state index is -4.24. The number of sulfonamides is 1. The van der Waals surface area contributed by atoms with Gasteiger partial charge < -0.3 is 4.42 Å². The van der Waals surface area contributed by atoms with Gasteiger partial charge in [0.2, 0.25) is 0 Å². The highest BCUT2D eigenvalue weighted by Gasteiger charge is 2.21. The van der Waals surface area contributed by atoms with Gasteiger partial charge in [-0.2, -0.15) is 0 Å². The van der Waals surface area contributed by atoms with Gasteiger partial charge in [-0.05, 0) is 38.1 Å². The van der Waals surface area contributed by atoms with E-state index in [-0.39, 0.29) is 21.7 Å². The minimum Gasteiger partial charge on any atom is -0.466 e. The molecular formula is C20H18N4O7S. The molecule has 3 aromatic rings. The Morgan fingerprint density at radius 1 is 0.938 bits per heavy atom. The number of para-hydroxylation sites is 1. The largest absolute Gasteiger partial charge is 0.466 e. The maximum atomic E-state index is 12.7. The van der Waals surface area contributed by atoms with Crippen molar-refractivity contribution in [1.82, 2.24) is 10.9 Å². The van der Waals surface area contributed by atoms with Gasteiger partial charge in [-0.25, -0.2) is 8.42 Å². The van der Waals surface area contributed by atoms with Crippen LogP contribution in [-0.4, -0.2) is 25.2 Å². The summed E-state index contributed by atoms with van der Waals surface area (Å²) in [6.45, 7) is 3.27. The van der Waals surface area contributed by atoms with Crippen LogP contribution in [0.1, 0.15) is 32.2 Å². The number of nitrogens with zero attached hydrogens (tertiary/aromatic N) is 1. The number of rotatable bonds is 6. The molecule has 1 aromatic heterocycles. The number of amides is 2. The molecule has 32 heavy (non-hydrogen) atoms. The Labute approximate surface area is 182 Å². The van der Waals surface area contributed by atoms with E-state index in [2.05, 4.69) is 15.6 Å². The number of hydrogen-bond acceptors (Lipinski definition) is 7. The van der Waals surface area contributed by atoms with Crippen LogP contribution in [0.5, 0.6) is 0 Å². The Bertz CT molecular complexity index is 1310. The van der Waals surface area contributed by atoms with Crippen LogP contribution in [-0.2, 0) is 10.0 Å². The summed E-state index contributed by atoms with van der Waals surface area (Å²) >= 11 is 0. The van der Waals surface area contributed by atoms with E-state index >= 15 is 0 Å². The van der Waals surface area contributed by atoms with Crippen LogP contribution in [0.15, 0.2) is 63.9 Å². The SMILES string of the molecule is Cc1cc(C(=O)NNC(=O)c2ccccc2NS(=O)(=O)c2cccc([N+](=O)[O-])c2)c(C)o1. The number of nitro groups is 1. The summed E-state index contributed by atoms with van der Waals surface area (Å²) in [7, 11) is -4.24. The van der Waals surface area contributed by atoms with Crippen molar-refractivity contribution in [3.63, 3.8) is 0 Å². The number of furan rings is 1. The first kappa shape index (κ1) is 22.5. The van der Waals surface area contributed by atoms with Gasteiger partial charge in [0.25, 0.3) is 27.5 Å². The maximum Gasteiger partial charge on any atom is 0.273 e. The van der Waals surface area contributed by atoms with Crippen LogP contribution < -0.4 is 15.6 Å². The number of carbonyl (C=O) groups excluding carboxylic acids is 2. The molecule has 0 saturated heterocycles. The van der Waals surface area contributed by atoms with E-state index in [9.17, 15) is 28.1 Å². The minimum absolute atomic E-state index is 0.0816. The van der Waals surface area contributed by atoms with Crippen molar-refractivity contribution in [3.05, 3.63) is 87.4 Å². The fourth-order valence-corrected chi connectivity index (χ4v) is 3.96. The van der Waals surface area contributed by atoms with Crippen molar-refractivity contribution in [2.75, 3.05) is 4.72 Å². The monoisotopic (exact) mass is 458 g/mol. The van der Waals surface area contributed by atoms with Gasteiger partial charge >= 0.3 is 0 Å².